The quantitative estimate of drug-likeness (QED) is 0.618. The van der Waals surface area contributed by atoms with Gasteiger partial charge in [0.1, 0.15) is 0 Å². The van der Waals surface area contributed by atoms with Crippen molar-refractivity contribution in [1.82, 2.24) is 4.90 Å². The number of hydrogen-bond donors (Lipinski definition) is 2. The second-order valence-corrected chi connectivity index (χ2v) is 6.49. The average molecular weight is 334 g/mol. The molecule has 0 spiro atoms. The summed E-state index contributed by atoms with van der Waals surface area (Å²) in [6, 6.07) is 5.98. The van der Waals surface area contributed by atoms with Crippen LogP contribution < -0.4 is 20.5 Å². The van der Waals surface area contributed by atoms with Gasteiger partial charge < -0.3 is 20.5 Å². The van der Waals surface area contributed by atoms with Crippen LogP contribution >= 0.6 is 0 Å². The van der Waals surface area contributed by atoms with E-state index in [1.54, 1.807) is 14.2 Å². The molecular formula is C18H30N4O2. The van der Waals surface area contributed by atoms with Crippen molar-refractivity contribution in [2.24, 2.45) is 16.6 Å². The van der Waals surface area contributed by atoms with E-state index in [9.17, 15) is 0 Å². The summed E-state index contributed by atoms with van der Waals surface area (Å²) in [7, 11) is 3.23. The Morgan fingerprint density at radius 2 is 1.96 bits per heavy atom. The van der Waals surface area contributed by atoms with Gasteiger partial charge in [-0.3, -0.25) is 9.89 Å². The SMILES string of the molecule is COc1ccc(NC(N)=NCC(C)N2CCC(C)CC2)cc1OC. The van der Waals surface area contributed by atoms with Crippen molar-refractivity contribution in [3.8, 4) is 11.5 Å². The highest BCUT2D eigenvalue weighted by molar-refractivity contribution is 5.92. The fraction of sp³-hybridized carbons (Fsp3) is 0.611. The van der Waals surface area contributed by atoms with Gasteiger partial charge in [0.2, 0.25) is 0 Å². The first-order valence-electron chi connectivity index (χ1n) is 8.56. The van der Waals surface area contributed by atoms with Gasteiger partial charge in [0.25, 0.3) is 0 Å². The molecule has 1 heterocycles. The Morgan fingerprint density at radius 1 is 1.29 bits per heavy atom. The first kappa shape index (κ1) is 18.4. The maximum Gasteiger partial charge on any atom is 0.193 e. The number of nitrogens with one attached hydrogen (secondary N) is 1. The van der Waals surface area contributed by atoms with Crippen molar-refractivity contribution in [3.63, 3.8) is 0 Å². The summed E-state index contributed by atoms with van der Waals surface area (Å²) < 4.78 is 10.5. The number of ether oxygens (including phenoxy) is 2. The first-order chi connectivity index (χ1) is 11.5. The Bertz CT molecular complexity index is 554. The summed E-state index contributed by atoms with van der Waals surface area (Å²) in [5.74, 6) is 2.60. The Morgan fingerprint density at radius 3 is 2.58 bits per heavy atom. The standard InChI is InChI=1S/C18H30N4O2/c1-13-7-9-22(10-8-13)14(2)12-20-18(19)21-15-5-6-16(23-3)17(11-15)24-4/h5-6,11,13-14H,7-10,12H2,1-4H3,(H3,19,20,21). The van der Waals surface area contributed by atoms with Gasteiger partial charge in [-0.25, -0.2) is 0 Å². The maximum atomic E-state index is 6.02. The van der Waals surface area contributed by atoms with Gasteiger partial charge in [-0.1, -0.05) is 6.92 Å². The van der Waals surface area contributed by atoms with Crippen molar-refractivity contribution >= 4 is 11.6 Å². The minimum Gasteiger partial charge on any atom is -0.493 e. The molecule has 1 aromatic carbocycles. The first-order valence-corrected chi connectivity index (χ1v) is 8.56. The molecule has 0 aromatic heterocycles. The molecule has 0 bridgehead atoms. The Hall–Kier alpha value is -1.95. The van der Waals surface area contributed by atoms with E-state index in [4.69, 9.17) is 15.2 Å². The van der Waals surface area contributed by atoms with Gasteiger partial charge in [0, 0.05) is 17.8 Å². The van der Waals surface area contributed by atoms with Crippen LogP contribution in [0.15, 0.2) is 23.2 Å². The highest BCUT2D eigenvalue weighted by Crippen LogP contribution is 2.29. The van der Waals surface area contributed by atoms with Crippen molar-refractivity contribution in [2.45, 2.75) is 32.7 Å². The summed E-state index contributed by atoms with van der Waals surface area (Å²) >= 11 is 0. The van der Waals surface area contributed by atoms with E-state index in [2.05, 4.69) is 29.1 Å². The number of hydrogen-bond acceptors (Lipinski definition) is 4. The molecule has 1 atom stereocenters. The van der Waals surface area contributed by atoms with Crippen LogP contribution in [0.4, 0.5) is 5.69 Å². The number of rotatable bonds is 6. The molecule has 6 heteroatoms. The summed E-state index contributed by atoms with van der Waals surface area (Å²) in [4.78, 5) is 6.97. The largest absolute Gasteiger partial charge is 0.493 e. The highest BCUT2D eigenvalue weighted by atomic mass is 16.5. The van der Waals surface area contributed by atoms with Gasteiger partial charge >= 0.3 is 0 Å². The van der Waals surface area contributed by atoms with Crippen LogP contribution in [0.2, 0.25) is 0 Å². The fourth-order valence-corrected chi connectivity index (χ4v) is 2.92. The van der Waals surface area contributed by atoms with Gasteiger partial charge in [0.15, 0.2) is 17.5 Å². The third-order valence-corrected chi connectivity index (χ3v) is 4.62. The number of piperidine rings is 1. The smallest absolute Gasteiger partial charge is 0.193 e. The predicted octanol–water partition coefficient (Wildman–Crippen LogP) is 2.55. The molecular weight excluding hydrogens is 304 g/mol. The normalized spacial score (nSPS) is 18.2. The summed E-state index contributed by atoms with van der Waals surface area (Å²) in [5, 5.41) is 3.11. The number of methoxy groups -OCH3 is 2. The molecule has 3 N–H and O–H groups in total. The molecule has 24 heavy (non-hydrogen) atoms. The third-order valence-electron chi connectivity index (χ3n) is 4.62. The average Bonchev–Trinajstić information content (AvgIpc) is 2.60. The van der Waals surface area contributed by atoms with Crippen LogP contribution in [0.1, 0.15) is 26.7 Å². The number of guanidine groups is 1. The second-order valence-electron chi connectivity index (χ2n) is 6.49. The van der Waals surface area contributed by atoms with E-state index in [1.807, 2.05) is 18.2 Å². The number of likely N-dealkylation sites (tertiary alicyclic amines) is 1. The monoisotopic (exact) mass is 334 g/mol. The van der Waals surface area contributed by atoms with Crippen molar-refractivity contribution in [2.75, 3.05) is 39.2 Å². The van der Waals surface area contributed by atoms with E-state index in [0.29, 0.717) is 30.0 Å². The zero-order chi connectivity index (χ0) is 17.5. The molecule has 0 radical (unpaired) electrons. The molecule has 1 fully saturated rings. The van der Waals surface area contributed by atoms with Gasteiger partial charge in [-0.15, -0.1) is 0 Å². The summed E-state index contributed by atoms with van der Waals surface area (Å²) in [6.07, 6.45) is 2.54. The van der Waals surface area contributed by atoms with E-state index in [-0.39, 0.29) is 0 Å². The van der Waals surface area contributed by atoms with E-state index in [0.717, 1.165) is 24.7 Å². The van der Waals surface area contributed by atoms with E-state index in [1.165, 1.54) is 12.8 Å². The summed E-state index contributed by atoms with van der Waals surface area (Å²) in [5.41, 5.74) is 6.84. The number of benzene rings is 1. The van der Waals surface area contributed by atoms with Crippen LogP contribution in [0.3, 0.4) is 0 Å². The molecule has 0 aliphatic carbocycles. The molecule has 1 unspecified atom stereocenters. The molecule has 1 saturated heterocycles. The maximum absolute atomic E-state index is 6.02. The third kappa shape index (κ3) is 5.03. The lowest BCUT2D eigenvalue weighted by Gasteiger charge is -2.34. The molecule has 1 aliphatic heterocycles. The Kier molecular flexibility index (Phi) is 6.73. The molecule has 134 valence electrons. The van der Waals surface area contributed by atoms with Crippen LogP contribution in [-0.2, 0) is 0 Å². The van der Waals surface area contributed by atoms with E-state index >= 15 is 0 Å². The van der Waals surface area contributed by atoms with Gasteiger partial charge in [-0.2, -0.15) is 0 Å². The zero-order valence-corrected chi connectivity index (χ0v) is 15.2. The number of nitrogens with zero attached hydrogens (tertiary/aromatic N) is 2. The van der Waals surface area contributed by atoms with E-state index < -0.39 is 0 Å². The van der Waals surface area contributed by atoms with Crippen LogP contribution in [0, 0.1) is 5.92 Å². The lowest BCUT2D eigenvalue weighted by Crippen LogP contribution is -2.41. The molecule has 0 saturated carbocycles. The lowest BCUT2D eigenvalue weighted by atomic mass is 9.98. The number of nitrogens with two attached hydrogens (primary N) is 1. The summed E-state index contributed by atoms with van der Waals surface area (Å²) in [6.45, 7) is 7.54. The number of anilines is 1. The van der Waals surface area contributed by atoms with Crippen LogP contribution in [-0.4, -0.2) is 50.8 Å². The van der Waals surface area contributed by atoms with Crippen molar-refractivity contribution in [3.05, 3.63) is 18.2 Å². The predicted molar refractivity (Wildman–Crippen MR) is 99.1 cm³/mol. The molecule has 2 rings (SSSR count). The minimum absolute atomic E-state index is 0.406. The number of aliphatic imine (C=N–C) groups is 1. The van der Waals surface area contributed by atoms with Crippen molar-refractivity contribution < 1.29 is 9.47 Å². The lowest BCUT2D eigenvalue weighted by molar-refractivity contribution is 0.150. The van der Waals surface area contributed by atoms with Gasteiger partial charge in [0.05, 0.1) is 20.8 Å². The van der Waals surface area contributed by atoms with Gasteiger partial charge in [-0.05, 0) is 50.9 Å². The fourth-order valence-electron chi connectivity index (χ4n) is 2.92. The Labute approximate surface area is 145 Å². The minimum atomic E-state index is 0.406. The second kappa shape index (κ2) is 8.78. The molecule has 0 amide bonds. The molecule has 1 aliphatic rings. The zero-order valence-electron chi connectivity index (χ0n) is 15.2. The van der Waals surface area contributed by atoms with Crippen molar-refractivity contribution in [1.29, 1.82) is 0 Å². The molecule has 6 nitrogen and oxygen atoms in total. The topological polar surface area (TPSA) is 72.1 Å². The van der Waals surface area contributed by atoms with Crippen LogP contribution in [0.25, 0.3) is 0 Å². The Balaban J connectivity index is 1.89. The molecule has 1 aromatic rings. The van der Waals surface area contributed by atoms with Crippen LogP contribution in [0.5, 0.6) is 11.5 Å². The highest BCUT2D eigenvalue weighted by Gasteiger charge is 2.19.